The molecule has 0 bridgehead atoms. The zero-order valence-electron chi connectivity index (χ0n) is 14.7. The highest BCUT2D eigenvalue weighted by molar-refractivity contribution is 14.0. The third-order valence-electron chi connectivity index (χ3n) is 3.97. The number of benzene rings is 3. The molecule has 3 aromatic carbocycles. The third kappa shape index (κ3) is 4.57. The Morgan fingerprint density at radius 2 is 1.77 bits per heavy atom. The predicted molar refractivity (Wildman–Crippen MR) is 118 cm³/mol. The fourth-order valence-corrected chi connectivity index (χ4v) is 2.69. The number of methoxy groups -OCH3 is 2. The number of hydrogen-bond donors (Lipinski definition) is 2. The quantitative estimate of drug-likeness (QED) is 0.335. The molecule has 3 rings (SSSR count). The molecule has 0 aliphatic rings. The van der Waals surface area contributed by atoms with E-state index in [0.717, 1.165) is 5.56 Å². The number of rotatable bonds is 5. The second kappa shape index (κ2) is 9.28. The lowest BCUT2D eigenvalue weighted by Crippen LogP contribution is -2.23. The second-order valence-electron chi connectivity index (χ2n) is 5.53. The monoisotopic (exact) mass is 463 g/mol. The van der Waals surface area contributed by atoms with E-state index in [9.17, 15) is 0 Å². The van der Waals surface area contributed by atoms with Gasteiger partial charge >= 0.3 is 0 Å². The number of anilines is 1. The number of nitrogens with zero attached hydrogens (tertiary/aromatic N) is 1. The summed E-state index contributed by atoms with van der Waals surface area (Å²) in [5.74, 6) is 1.70. The van der Waals surface area contributed by atoms with Gasteiger partial charge in [-0.2, -0.15) is 0 Å². The van der Waals surface area contributed by atoms with Crippen molar-refractivity contribution in [2.24, 2.45) is 10.7 Å². The molecule has 0 fully saturated rings. The molecule has 26 heavy (non-hydrogen) atoms. The average Bonchev–Trinajstić information content (AvgIpc) is 2.66. The highest BCUT2D eigenvalue weighted by Gasteiger charge is 2.06. The Bertz CT molecular complexity index is 907. The summed E-state index contributed by atoms with van der Waals surface area (Å²) in [5, 5.41) is 5.45. The Balaban J connectivity index is 0.00000243. The van der Waals surface area contributed by atoms with Crippen LogP contribution in [-0.2, 0) is 6.54 Å². The molecule has 0 atom stereocenters. The molecule has 6 heteroatoms. The average molecular weight is 463 g/mol. The van der Waals surface area contributed by atoms with Crippen LogP contribution in [0.4, 0.5) is 5.69 Å². The van der Waals surface area contributed by atoms with E-state index in [1.54, 1.807) is 14.2 Å². The number of fused-ring (bicyclic) bond motifs is 1. The van der Waals surface area contributed by atoms with E-state index in [-0.39, 0.29) is 24.0 Å². The fourth-order valence-electron chi connectivity index (χ4n) is 2.69. The van der Waals surface area contributed by atoms with Gasteiger partial charge in [-0.1, -0.05) is 42.5 Å². The van der Waals surface area contributed by atoms with Gasteiger partial charge in [0.05, 0.1) is 26.5 Å². The molecule has 0 radical (unpaired) electrons. The molecule has 0 spiro atoms. The van der Waals surface area contributed by atoms with Crippen molar-refractivity contribution in [1.29, 1.82) is 0 Å². The van der Waals surface area contributed by atoms with Crippen molar-refractivity contribution in [1.82, 2.24) is 0 Å². The summed E-state index contributed by atoms with van der Waals surface area (Å²) in [5.41, 5.74) is 7.89. The normalized spacial score (nSPS) is 10.9. The Labute approximate surface area is 170 Å². The molecule has 0 aromatic heterocycles. The predicted octanol–water partition coefficient (Wildman–Crippen LogP) is 4.40. The Morgan fingerprint density at radius 3 is 2.54 bits per heavy atom. The Hall–Kier alpha value is -2.48. The van der Waals surface area contributed by atoms with E-state index >= 15 is 0 Å². The van der Waals surface area contributed by atoms with Crippen LogP contribution in [-0.4, -0.2) is 20.2 Å². The Morgan fingerprint density at radius 1 is 1.00 bits per heavy atom. The molecule has 0 aliphatic carbocycles. The van der Waals surface area contributed by atoms with E-state index in [2.05, 4.69) is 34.6 Å². The van der Waals surface area contributed by atoms with Gasteiger partial charge in [-0.05, 0) is 28.5 Å². The molecular weight excluding hydrogens is 441 g/mol. The van der Waals surface area contributed by atoms with Crippen molar-refractivity contribution < 1.29 is 9.47 Å². The molecule has 0 heterocycles. The lowest BCUT2D eigenvalue weighted by molar-refractivity contribution is 0.405. The third-order valence-corrected chi connectivity index (χ3v) is 3.97. The van der Waals surface area contributed by atoms with E-state index in [0.29, 0.717) is 29.7 Å². The minimum atomic E-state index is 0. The number of aliphatic imine (C=N–C) groups is 1. The van der Waals surface area contributed by atoms with E-state index < -0.39 is 0 Å². The highest BCUT2D eigenvalue weighted by atomic mass is 127. The van der Waals surface area contributed by atoms with Crippen LogP contribution in [0, 0.1) is 0 Å². The smallest absolute Gasteiger partial charge is 0.193 e. The Kier molecular flexibility index (Phi) is 7.08. The second-order valence-corrected chi connectivity index (χ2v) is 5.53. The first-order chi connectivity index (χ1) is 12.2. The standard InChI is InChI=1S/C20H21N3O2.HI/c1-24-16-10-11-19(25-2)18(12-16)23-20(21)22-13-15-8-5-7-14-6-3-4-9-17(14)15;/h3-12H,13H2,1-2H3,(H3,21,22,23);1H. The van der Waals surface area contributed by atoms with Crippen molar-refractivity contribution in [3.63, 3.8) is 0 Å². The van der Waals surface area contributed by atoms with Gasteiger partial charge in [-0.25, -0.2) is 4.99 Å². The van der Waals surface area contributed by atoms with Gasteiger partial charge < -0.3 is 20.5 Å². The van der Waals surface area contributed by atoms with Crippen LogP contribution in [0.3, 0.4) is 0 Å². The van der Waals surface area contributed by atoms with Crippen LogP contribution < -0.4 is 20.5 Å². The van der Waals surface area contributed by atoms with Gasteiger partial charge in [-0.15, -0.1) is 24.0 Å². The van der Waals surface area contributed by atoms with Gasteiger partial charge in [0.25, 0.3) is 0 Å². The summed E-state index contributed by atoms with van der Waals surface area (Å²) in [4.78, 5) is 4.46. The maximum Gasteiger partial charge on any atom is 0.193 e. The van der Waals surface area contributed by atoms with Crippen LogP contribution >= 0.6 is 24.0 Å². The van der Waals surface area contributed by atoms with Crippen molar-refractivity contribution in [2.75, 3.05) is 19.5 Å². The molecule has 0 saturated carbocycles. The topological polar surface area (TPSA) is 68.9 Å². The van der Waals surface area contributed by atoms with Crippen molar-refractivity contribution in [2.45, 2.75) is 6.54 Å². The number of guanidine groups is 1. The van der Waals surface area contributed by atoms with Gasteiger partial charge in [0.2, 0.25) is 0 Å². The lowest BCUT2D eigenvalue weighted by atomic mass is 10.1. The summed E-state index contributed by atoms with van der Waals surface area (Å²) in [6.07, 6.45) is 0. The van der Waals surface area contributed by atoms with Crippen LogP contribution in [0.2, 0.25) is 0 Å². The number of ether oxygens (including phenoxy) is 2. The number of nitrogens with one attached hydrogen (secondary N) is 1. The van der Waals surface area contributed by atoms with Crippen LogP contribution in [0.25, 0.3) is 10.8 Å². The first-order valence-electron chi connectivity index (χ1n) is 7.97. The first-order valence-corrected chi connectivity index (χ1v) is 7.97. The van der Waals surface area contributed by atoms with Crippen molar-refractivity contribution in [3.8, 4) is 11.5 Å². The van der Waals surface area contributed by atoms with Crippen molar-refractivity contribution in [3.05, 3.63) is 66.2 Å². The molecule has 0 unspecified atom stereocenters. The van der Waals surface area contributed by atoms with Crippen LogP contribution in [0.15, 0.2) is 65.7 Å². The van der Waals surface area contributed by atoms with E-state index in [1.807, 2.05) is 36.4 Å². The molecule has 136 valence electrons. The summed E-state index contributed by atoms with van der Waals surface area (Å²) in [6.45, 7) is 0.493. The first kappa shape index (κ1) is 19.8. The number of halogens is 1. The lowest BCUT2D eigenvalue weighted by Gasteiger charge is -2.12. The van der Waals surface area contributed by atoms with E-state index in [1.165, 1.54) is 10.8 Å². The summed E-state index contributed by atoms with van der Waals surface area (Å²) in [6, 6.07) is 19.9. The van der Waals surface area contributed by atoms with Crippen LogP contribution in [0.5, 0.6) is 11.5 Å². The molecule has 0 aliphatic heterocycles. The number of hydrogen-bond acceptors (Lipinski definition) is 3. The molecule has 5 nitrogen and oxygen atoms in total. The SMILES string of the molecule is COc1ccc(OC)c(NC(N)=NCc2cccc3ccccc23)c1.I. The van der Waals surface area contributed by atoms with Gasteiger partial charge in [0.1, 0.15) is 11.5 Å². The molecule has 0 amide bonds. The maximum atomic E-state index is 6.06. The van der Waals surface area contributed by atoms with Crippen LogP contribution in [0.1, 0.15) is 5.56 Å². The summed E-state index contributed by atoms with van der Waals surface area (Å²) < 4.78 is 10.6. The summed E-state index contributed by atoms with van der Waals surface area (Å²) in [7, 11) is 3.22. The van der Waals surface area contributed by atoms with E-state index in [4.69, 9.17) is 15.2 Å². The minimum absolute atomic E-state index is 0. The van der Waals surface area contributed by atoms with Gasteiger partial charge in [-0.3, -0.25) is 0 Å². The minimum Gasteiger partial charge on any atom is -0.497 e. The molecule has 0 saturated heterocycles. The maximum absolute atomic E-state index is 6.06. The summed E-state index contributed by atoms with van der Waals surface area (Å²) >= 11 is 0. The zero-order valence-corrected chi connectivity index (χ0v) is 17.1. The molecular formula is C20H22IN3O2. The van der Waals surface area contributed by atoms with Crippen molar-refractivity contribution >= 4 is 46.4 Å². The fraction of sp³-hybridized carbons (Fsp3) is 0.150. The zero-order chi connectivity index (χ0) is 17.6. The van der Waals surface area contributed by atoms with Gasteiger partial charge in [0.15, 0.2) is 5.96 Å². The number of nitrogens with two attached hydrogens (primary N) is 1. The molecule has 3 aromatic rings. The highest BCUT2D eigenvalue weighted by Crippen LogP contribution is 2.28. The molecule has 3 N–H and O–H groups in total. The van der Waals surface area contributed by atoms with Gasteiger partial charge in [0, 0.05) is 6.07 Å². The largest absolute Gasteiger partial charge is 0.497 e.